The van der Waals surface area contributed by atoms with Crippen LogP contribution in [0.4, 0.5) is 10.2 Å². The van der Waals surface area contributed by atoms with Crippen LogP contribution in [0.1, 0.15) is 16.3 Å². The Balaban J connectivity index is 2.46. The predicted octanol–water partition coefficient (Wildman–Crippen LogP) is 3.47. The second kappa shape index (κ2) is 6.28. The maximum absolute atomic E-state index is 13.1. The number of nitrogens with zero attached hydrogens (tertiary/aromatic N) is 2. The first-order chi connectivity index (χ1) is 9.92. The minimum Gasteiger partial charge on any atom is -0.475 e. The van der Waals surface area contributed by atoms with Gasteiger partial charge in [-0.05, 0) is 25.1 Å². The Kier molecular flexibility index (Phi) is 4.64. The van der Waals surface area contributed by atoms with Gasteiger partial charge in [-0.2, -0.15) is 0 Å². The third-order valence-electron chi connectivity index (χ3n) is 2.57. The summed E-state index contributed by atoms with van der Waals surface area (Å²) in [6, 6.07) is 4.06. The average molecular weight is 328 g/mol. The van der Waals surface area contributed by atoms with Crippen molar-refractivity contribution in [2.75, 3.05) is 12.4 Å². The van der Waals surface area contributed by atoms with Crippen molar-refractivity contribution in [3.63, 3.8) is 0 Å². The summed E-state index contributed by atoms with van der Waals surface area (Å²) >= 11 is 7.23. The first-order valence-corrected chi connectivity index (χ1v) is 7.04. The molecular formula is C13H11ClFN3O2S. The molecule has 5 nitrogen and oxygen atoms in total. The van der Waals surface area contributed by atoms with Gasteiger partial charge in [0, 0.05) is 11.9 Å². The van der Waals surface area contributed by atoms with Gasteiger partial charge < -0.3 is 10.4 Å². The smallest absolute Gasteiger partial charge is 0.374 e. The van der Waals surface area contributed by atoms with Crippen LogP contribution in [0.25, 0.3) is 0 Å². The van der Waals surface area contributed by atoms with Gasteiger partial charge in [0.1, 0.15) is 11.6 Å². The Morgan fingerprint density at radius 3 is 2.71 bits per heavy atom. The summed E-state index contributed by atoms with van der Waals surface area (Å²) < 4.78 is 13.1. The number of rotatable bonds is 4. The van der Waals surface area contributed by atoms with Gasteiger partial charge in [0.05, 0.1) is 15.6 Å². The highest BCUT2D eigenvalue weighted by atomic mass is 35.5. The number of carbonyl (C=O) groups is 1. The molecule has 8 heteroatoms. The van der Waals surface area contributed by atoms with Gasteiger partial charge in [0.2, 0.25) is 5.82 Å². The molecule has 0 radical (unpaired) electrons. The minimum absolute atomic E-state index is 0.267. The van der Waals surface area contributed by atoms with E-state index in [4.69, 9.17) is 16.7 Å². The summed E-state index contributed by atoms with van der Waals surface area (Å²) in [5, 5.41) is 12.1. The molecule has 2 rings (SSSR count). The molecule has 2 aromatic rings. The molecule has 110 valence electrons. The second-order valence-corrected chi connectivity index (χ2v) is 5.50. The van der Waals surface area contributed by atoms with E-state index in [2.05, 4.69) is 15.3 Å². The van der Waals surface area contributed by atoms with Crippen LogP contribution in [0.2, 0.25) is 5.02 Å². The lowest BCUT2D eigenvalue weighted by Crippen LogP contribution is -2.09. The number of aryl methyl sites for hydroxylation is 1. The molecule has 0 unspecified atom stereocenters. The van der Waals surface area contributed by atoms with Crippen LogP contribution in [0.15, 0.2) is 28.0 Å². The zero-order chi connectivity index (χ0) is 15.6. The second-order valence-electron chi connectivity index (χ2n) is 4.04. The molecule has 0 bridgehead atoms. The summed E-state index contributed by atoms with van der Waals surface area (Å²) in [6.07, 6.45) is 0. The topological polar surface area (TPSA) is 75.1 Å². The Morgan fingerprint density at radius 2 is 2.14 bits per heavy atom. The van der Waals surface area contributed by atoms with E-state index in [0.717, 1.165) is 0 Å². The van der Waals surface area contributed by atoms with Gasteiger partial charge in [-0.1, -0.05) is 23.4 Å². The fourth-order valence-electron chi connectivity index (χ4n) is 1.62. The highest BCUT2D eigenvalue weighted by Crippen LogP contribution is 2.38. The van der Waals surface area contributed by atoms with Crippen molar-refractivity contribution in [2.45, 2.75) is 16.7 Å². The number of nitrogens with one attached hydrogen (secondary N) is 1. The van der Waals surface area contributed by atoms with Crippen LogP contribution >= 0.6 is 23.4 Å². The van der Waals surface area contributed by atoms with Crippen LogP contribution in [0.5, 0.6) is 0 Å². The Hall–Kier alpha value is -1.86. The third kappa shape index (κ3) is 3.43. The van der Waals surface area contributed by atoms with Crippen molar-refractivity contribution < 1.29 is 14.3 Å². The van der Waals surface area contributed by atoms with Crippen LogP contribution in [-0.4, -0.2) is 28.1 Å². The number of benzene rings is 1. The maximum atomic E-state index is 13.1. The van der Waals surface area contributed by atoms with Crippen molar-refractivity contribution in [1.29, 1.82) is 0 Å². The summed E-state index contributed by atoms with van der Waals surface area (Å²) in [5.41, 5.74) is 0.497. The van der Waals surface area contributed by atoms with E-state index in [1.165, 1.54) is 23.9 Å². The van der Waals surface area contributed by atoms with Crippen LogP contribution in [-0.2, 0) is 0 Å². The lowest BCUT2D eigenvalue weighted by molar-refractivity contribution is 0.0683. The lowest BCUT2D eigenvalue weighted by atomic mass is 10.3. The van der Waals surface area contributed by atoms with E-state index >= 15 is 0 Å². The minimum atomic E-state index is -1.20. The molecule has 0 atom stereocenters. The molecule has 2 N–H and O–H groups in total. The highest BCUT2D eigenvalue weighted by Gasteiger charge is 2.17. The molecule has 0 fully saturated rings. The van der Waals surface area contributed by atoms with Crippen LogP contribution in [0.3, 0.4) is 0 Å². The van der Waals surface area contributed by atoms with E-state index in [9.17, 15) is 9.18 Å². The van der Waals surface area contributed by atoms with Crippen molar-refractivity contribution >= 4 is 35.1 Å². The van der Waals surface area contributed by atoms with Gasteiger partial charge in [-0.3, -0.25) is 0 Å². The van der Waals surface area contributed by atoms with Crippen molar-refractivity contribution in [3.8, 4) is 0 Å². The number of carboxylic acid groups (broad SMARTS) is 1. The number of aromatic nitrogens is 2. The van der Waals surface area contributed by atoms with Gasteiger partial charge >= 0.3 is 5.97 Å². The normalized spacial score (nSPS) is 10.5. The van der Waals surface area contributed by atoms with Gasteiger partial charge in [-0.15, -0.1) is 0 Å². The van der Waals surface area contributed by atoms with Gasteiger partial charge in [0.15, 0.2) is 0 Å². The predicted molar refractivity (Wildman–Crippen MR) is 78.8 cm³/mol. The number of hydrogen-bond acceptors (Lipinski definition) is 5. The largest absolute Gasteiger partial charge is 0.475 e. The number of anilines is 1. The molecule has 0 saturated heterocycles. The lowest BCUT2D eigenvalue weighted by Gasteiger charge is -2.12. The van der Waals surface area contributed by atoms with Crippen molar-refractivity contribution in [2.24, 2.45) is 0 Å². The summed E-state index contributed by atoms with van der Waals surface area (Å²) in [7, 11) is 1.63. The molecule has 0 aliphatic rings. The molecule has 1 aromatic carbocycles. The van der Waals surface area contributed by atoms with E-state index in [1.807, 2.05) is 0 Å². The molecule has 1 aromatic heterocycles. The summed E-state index contributed by atoms with van der Waals surface area (Å²) in [5.74, 6) is -1.53. The maximum Gasteiger partial charge on any atom is 0.374 e. The molecule has 0 saturated carbocycles. The number of halogens is 2. The Labute approximate surface area is 129 Å². The Bertz CT molecular complexity index is 712. The third-order valence-corrected chi connectivity index (χ3v) is 4.26. The van der Waals surface area contributed by atoms with E-state index in [0.29, 0.717) is 21.3 Å². The van der Waals surface area contributed by atoms with Crippen LogP contribution in [0, 0.1) is 12.7 Å². The first-order valence-electron chi connectivity index (χ1n) is 5.85. The fraction of sp³-hybridized carbons (Fsp3) is 0.154. The molecule has 21 heavy (non-hydrogen) atoms. The van der Waals surface area contributed by atoms with E-state index < -0.39 is 11.8 Å². The SMILES string of the molecule is CNc1nc(C(=O)O)nc(C)c1Sc1ccc(F)cc1Cl. The standard InChI is InChI=1S/C13H11ClFN3O2S/c1-6-10(11(16-2)18-12(17-6)13(19)20)21-9-4-3-7(15)5-8(9)14/h3-5H,1-2H3,(H,19,20)(H,16,17,18). The number of hydrogen-bond donors (Lipinski definition) is 2. The first kappa shape index (κ1) is 15.5. The summed E-state index contributed by atoms with van der Waals surface area (Å²) in [4.78, 5) is 20.1. The zero-order valence-corrected chi connectivity index (χ0v) is 12.7. The fourth-order valence-corrected chi connectivity index (χ4v) is 2.85. The van der Waals surface area contributed by atoms with Gasteiger partial charge in [-0.25, -0.2) is 19.2 Å². The zero-order valence-electron chi connectivity index (χ0n) is 11.1. The van der Waals surface area contributed by atoms with Crippen LogP contribution < -0.4 is 5.32 Å². The molecule has 1 heterocycles. The molecular weight excluding hydrogens is 317 g/mol. The highest BCUT2D eigenvalue weighted by molar-refractivity contribution is 7.99. The molecule has 0 amide bonds. The van der Waals surface area contributed by atoms with E-state index in [1.54, 1.807) is 20.0 Å². The molecule has 0 aliphatic heterocycles. The molecule has 0 spiro atoms. The Morgan fingerprint density at radius 1 is 1.43 bits per heavy atom. The number of aromatic carboxylic acids is 1. The summed E-state index contributed by atoms with van der Waals surface area (Å²) in [6.45, 7) is 1.68. The molecule has 0 aliphatic carbocycles. The quantitative estimate of drug-likeness (QED) is 0.895. The van der Waals surface area contributed by atoms with Crippen molar-refractivity contribution in [1.82, 2.24) is 9.97 Å². The number of carboxylic acids is 1. The monoisotopic (exact) mass is 327 g/mol. The van der Waals surface area contributed by atoms with E-state index in [-0.39, 0.29) is 10.8 Å². The average Bonchev–Trinajstić information content (AvgIpc) is 2.42. The van der Waals surface area contributed by atoms with Gasteiger partial charge in [0.25, 0.3) is 0 Å². The van der Waals surface area contributed by atoms with Crippen molar-refractivity contribution in [3.05, 3.63) is 40.6 Å².